The van der Waals surface area contributed by atoms with Crippen LogP contribution in [0.2, 0.25) is 0 Å². The van der Waals surface area contributed by atoms with Crippen LogP contribution in [0.4, 0.5) is 0 Å². The van der Waals surface area contributed by atoms with Gasteiger partial charge in [-0.2, -0.15) is 5.10 Å². The molecule has 6 heteroatoms. The van der Waals surface area contributed by atoms with E-state index in [1.807, 2.05) is 39.4 Å². The minimum Gasteiger partial charge on any atom is -0.353 e. The van der Waals surface area contributed by atoms with Gasteiger partial charge < -0.3 is 5.32 Å². The fourth-order valence-corrected chi connectivity index (χ4v) is 1.61. The minimum atomic E-state index is 0.292. The van der Waals surface area contributed by atoms with Crippen molar-refractivity contribution in [2.45, 2.75) is 40.3 Å². The summed E-state index contributed by atoms with van der Waals surface area (Å²) >= 11 is 0. The molecule has 1 aromatic rings. The number of guanidine groups is 1. The largest absolute Gasteiger partial charge is 0.353 e. The normalized spacial score (nSPS) is 12.1. The van der Waals surface area contributed by atoms with Crippen molar-refractivity contribution in [3.05, 3.63) is 17.0 Å². The Morgan fingerprint density at radius 1 is 1.47 bits per heavy atom. The highest BCUT2D eigenvalue weighted by Gasteiger charge is 2.08. The molecule has 0 radical (unpaired) electrons. The van der Waals surface area contributed by atoms with Gasteiger partial charge in [-0.25, -0.2) is 10.8 Å². The first-order chi connectivity index (χ1) is 7.95. The fraction of sp³-hybridized carbons (Fsp3) is 0.636. The number of rotatable bonds is 3. The smallest absolute Gasteiger partial charge is 0.206 e. The van der Waals surface area contributed by atoms with E-state index in [0.717, 1.165) is 17.0 Å². The summed E-state index contributed by atoms with van der Waals surface area (Å²) in [7, 11) is 1.93. The molecule has 0 fully saturated rings. The van der Waals surface area contributed by atoms with Crippen molar-refractivity contribution in [2.24, 2.45) is 17.9 Å². The first kappa shape index (κ1) is 13.5. The first-order valence-corrected chi connectivity index (χ1v) is 5.72. The lowest BCUT2D eigenvalue weighted by atomic mass is 10.2. The van der Waals surface area contributed by atoms with Gasteiger partial charge in [0, 0.05) is 24.3 Å². The Hall–Kier alpha value is -1.56. The zero-order valence-corrected chi connectivity index (χ0v) is 11.2. The van der Waals surface area contributed by atoms with E-state index >= 15 is 0 Å². The number of nitrogens with two attached hydrogens (primary N) is 1. The second-order valence-electron chi connectivity index (χ2n) is 4.38. The molecule has 0 aliphatic heterocycles. The summed E-state index contributed by atoms with van der Waals surface area (Å²) in [4.78, 5) is 4.40. The highest BCUT2D eigenvalue weighted by atomic mass is 15.3. The molecule has 17 heavy (non-hydrogen) atoms. The monoisotopic (exact) mass is 238 g/mol. The van der Waals surface area contributed by atoms with Crippen LogP contribution < -0.4 is 16.6 Å². The Kier molecular flexibility index (Phi) is 4.51. The number of hydrazine groups is 1. The second kappa shape index (κ2) is 5.67. The SMILES string of the molecule is Cc1nn(C)c(C)c1CN=C(NN)NC(C)C. The molecule has 0 aliphatic rings. The van der Waals surface area contributed by atoms with Gasteiger partial charge in [-0.15, -0.1) is 0 Å². The van der Waals surface area contributed by atoms with Crippen molar-refractivity contribution < 1.29 is 0 Å². The number of aryl methyl sites for hydroxylation is 2. The molecule has 0 atom stereocenters. The number of hydrogen-bond donors (Lipinski definition) is 3. The van der Waals surface area contributed by atoms with Crippen molar-refractivity contribution in [3.8, 4) is 0 Å². The van der Waals surface area contributed by atoms with Gasteiger partial charge in [-0.1, -0.05) is 0 Å². The lowest BCUT2D eigenvalue weighted by Gasteiger charge is -2.11. The van der Waals surface area contributed by atoms with E-state index < -0.39 is 0 Å². The van der Waals surface area contributed by atoms with E-state index in [1.165, 1.54) is 0 Å². The quantitative estimate of drug-likeness (QED) is 0.307. The van der Waals surface area contributed by atoms with Crippen LogP contribution in [-0.4, -0.2) is 21.8 Å². The number of nitrogens with one attached hydrogen (secondary N) is 2. The third kappa shape index (κ3) is 3.45. The Morgan fingerprint density at radius 2 is 2.12 bits per heavy atom. The van der Waals surface area contributed by atoms with Gasteiger partial charge in [0.15, 0.2) is 0 Å². The molecule has 96 valence electrons. The summed E-state index contributed by atoms with van der Waals surface area (Å²) in [5, 5.41) is 7.48. The van der Waals surface area contributed by atoms with Crippen molar-refractivity contribution in [3.63, 3.8) is 0 Å². The summed E-state index contributed by atoms with van der Waals surface area (Å²) in [5.41, 5.74) is 5.85. The van der Waals surface area contributed by atoms with Gasteiger partial charge in [-0.3, -0.25) is 10.1 Å². The summed E-state index contributed by atoms with van der Waals surface area (Å²) in [6.45, 7) is 8.67. The van der Waals surface area contributed by atoms with Gasteiger partial charge in [0.25, 0.3) is 0 Å². The molecular formula is C11H22N6. The first-order valence-electron chi connectivity index (χ1n) is 5.72. The third-order valence-electron chi connectivity index (χ3n) is 2.62. The van der Waals surface area contributed by atoms with Crippen molar-refractivity contribution in [1.29, 1.82) is 0 Å². The average molecular weight is 238 g/mol. The number of hydrogen-bond acceptors (Lipinski definition) is 3. The van der Waals surface area contributed by atoms with Gasteiger partial charge >= 0.3 is 0 Å². The Bertz CT molecular complexity index is 404. The predicted octanol–water partition coefficient (Wildman–Crippen LogP) is 0.354. The summed E-state index contributed by atoms with van der Waals surface area (Å²) in [6, 6.07) is 0.292. The van der Waals surface area contributed by atoms with E-state index in [2.05, 4.69) is 20.8 Å². The Labute approximate surface area is 102 Å². The Morgan fingerprint density at radius 3 is 2.53 bits per heavy atom. The van der Waals surface area contributed by atoms with E-state index in [-0.39, 0.29) is 0 Å². The second-order valence-corrected chi connectivity index (χ2v) is 4.38. The number of nitrogens with zero attached hydrogens (tertiary/aromatic N) is 3. The molecule has 0 aromatic carbocycles. The average Bonchev–Trinajstić information content (AvgIpc) is 2.49. The number of aromatic nitrogens is 2. The maximum Gasteiger partial charge on any atom is 0.206 e. The van der Waals surface area contributed by atoms with Gasteiger partial charge in [0.2, 0.25) is 5.96 Å². The molecule has 1 rings (SSSR count). The molecule has 0 aliphatic carbocycles. The van der Waals surface area contributed by atoms with Crippen LogP contribution in [0, 0.1) is 13.8 Å². The molecule has 0 bridgehead atoms. The lowest BCUT2D eigenvalue weighted by Crippen LogP contribution is -2.44. The van der Waals surface area contributed by atoms with Crippen LogP contribution in [-0.2, 0) is 13.6 Å². The molecular weight excluding hydrogens is 216 g/mol. The maximum atomic E-state index is 5.40. The topological polar surface area (TPSA) is 80.3 Å². The molecule has 0 unspecified atom stereocenters. The van der Waals surface area contributed by atoms with Crippen LogP contribution in [0.15, 0.2) is 4.99 Å². The third-order valence-corrected chi connectivity index (χ3v) is 2.62. The minimum absolute atomic E-state index is 0.292. The standard InChI is InChI=1S/C11H22N6/c1-7(2)14-11(15-12)13-6-10-8(3)16-17(5)9(10)4/h7H,6,12H2,1-5H3,(H2,13,14,15). The van der Waals surface area contributed by atoms with Crippen LogP contribution in [0.1, 0.15) is 30.8 Å². The predicted molar refractivity (Wildman–Crippen MR) is 69.4 cm³/mol. The van der Waals surface area contributed by atoms with Crippen molar-refractivity contribution >= 4 is 5.96 Å². The lowest BCUT2D eigenvalue weighted by molar-refractivity contribution is 0.701. The molecule has 6 nitrogen and oxygen atoms in total. The number of aliphatic imine (C=N–C) groups is 1. The molecule has 0 spiro atoms. The van der Waals surface area contributed by atoms with Gasteiger partial charge in [0.05, 0.1) is 12.2 Å². The van der Waals surface area contributed by atoms with Crippen LogP contribution >= 0.6 is 0 Å². The van der Waals surface area contributed by atoms with Crippen LogP contribution in [0.5, 0.6) is 0 Å². The van der Waals surface area contributed by atoms with Crippen LogP contribution in [0.3, 0.4) is 0 Å². The molecule has 0 saturated carbocycles. The summed E-state index contributed by atoms with van der Waals surface area (Å²) < 4.78 is 1.87. The zero-order chi connectivity index (χ0) is 13.0. The van der Waals surface area contributed by atoms with E-state index in [1.54, 1.807) is 0 Å². The van der Waals surface area contributed by atoms with Crippen molar-refractivity contribution in [2.75, 3.05) is 0 Å². The molecule has 4 N–H and O–H groups in total. The highest BCUT2D eigenvalue weighted by molar-refractivity contribution is 5.79. The molecule has 0 saturated heterocycles. The Balaban J connectivity index is 2.80. The maximum absolute atomic E-state index is 5.40. The van der Waals surface area contributed by atoms with Gasteiger partial charge in [0.1, 0.15) is 0 Å². The zero-order valence-electron chi connectivity index (χ0n) is 11.2. The molecule has 1 heterocycles. The molecule has 1 aromatic heterocycles. The van der Waals surface area contributed by atoms with E-state index in [9.17, 15) is 0 Å². The fourth-order valence-electron chi connectivity index (χ4n) is 1.61. The highest BCUT2D eigenvalue weighted by Crippen LogP contribution is 2.12. The van der Waals surface area contributed by atoms with E-state index in [4.69, 9.17) is 5.84 Å². The summed E-state index contributed by atoms with van der Waals surface area (Å²) in [6.07, 6.45) is 0. The van der Waals surface area contributed by atoms with Crippen LogP contribution in [0.25, 0.3) is 0 Å². The molecule has 0 amide bonds. The van der Waals surface area contributed by atoms with Crippen molar-refractivity contribution in [1.82, 2.24) is 20.5 Å². The summed E-state index contributed by atoms with van der Waals surface area (Å²) in [5.74, 6) is 6.00. The van der Waals surface area contributed by atoms with Gasteiger partial charge in [-0.05, 0) is 27.7 Å². The van der Waals surface area contributed by atoms with E-state index in [0.29, 0.717) is 18.5 Å².